The van der Waals surface area contributed by atoms with Gasteiger partial charge in [0.1, 0.15) is 5.75 Å². The summed E-state index contributed by atoms with van der Waals surface area (Å²) in [5, 5.41) is 7.86. The molecule has 19 heavy (non-hydrogen) atoms. The summed E-state index contributed by atoms with van der Waals surface area (Å²) in [5.74, 6) is 0.873. The monoisotopic (exact) mass is 259 g/mol. The summed E-state index contributed by atoms with van der Waals surface area (Å²) in [6.07, 6.45) is 0. The summed E-state index contributed by atoms with van der Waals surface area (Å²) < 4.78 is 7.13. The van der Waals surface area contributed by atoms with Crippen LogP contribution in [0.4, 0.5) is 0 Å². The third-order valence-corrected chi connectivity index (χ3v) is 3.59. The zero-order valence-corrected chi connectivity index (χ0v) is 12.2. The van der Waals surface area contributed by atoms with Crippen molar-refractivity contribution in [3.63, 3.8) is 0 Å². The Hall–Kier alpha value is -1.81. The number of nitrogens with one attached hydrogen (secondary N) is 1. The summed E-state index contributed by atoms with van der Waals surface area (Å²) in [5.41, 5.74) is 4.71. The molecule has 1 atom stereocenters. The summed E-state index contributed by atoms with van der Waals surface area (Å²) in [6, 6.07) is 8.30. The van der Waals surface area contributed by atoms with Gasteiger partial charge in [-0.3, -0.25) is 4.68 Å². The SMILES string of the molecule is CNC(c1ccc(OC)cc1)c1c(C)nn(C)c1C. The maximum absolute atomic E-state index is 5.20. The molecule has 0 amide bonds. The van der Waals surface area contributed by atoms with Gasteiger partial charge in [-0.15, -0.1) is 0 Å². The second-order valence-electron chi connectivity index (χ2n) is 4.70. The first-order valence-corrected chi connectivity index (χ1v) is 6.39. The lowest BCUT2D eigenvalue weighted by molar-refractivity contribution is 0.414. The normalized spacial score (nSPS) is 12.5. The summed E-state index contributed by atoms with van der Waals surface area (Å²) in [4.78, 5) is 0. The first kappa shape index (κ1) is 13.6. The van der Waals surface area contributed by atoms with E-state index < -0.39 is 0 Å². The predicted octanol–water partition coefficient (Wildman–Crippen LogP) is 2.35. The quantitative estimate of drug-likeness (QED) is 0.916. The highest BCUT2D eigenvalue weighted by atomic mass is 16.5. The molecular formula is C15H21N3O. The molecule has 0 saturated carbocycles. The van der Waals surface area contributed by atoms with Gasteiger partial charge in [0.15, 0.2) is 0 Å². The van der Waals surface area contributed by atoms with Crippen molar-refractivity contribution in [1.29, 1.82) is 0 Å². The second kappa shape index (κ2) is 5.45. The Kier molecular flexibility index (Phi) is 3.90. The first-order valence-electron chi connectivity index (χ1n) is 6.39. The molecule has 2 aromatic rings. The fourth-order valence-electron chi connectivity index (χ4n) is 2.48. The van der Waals surface area contributed by atoms with Crippen molar-refractivity contribution < 1.29 is 4.74 Å². The third kappa shape index (κ3) is 2.49. The Labute approximate surface area is 114 Å². The number of methoxy groups -OCH3 is 1. The zero-order valence-electron chi connectivity index (χ0n) is 12.2. The molecule has 2 rings (SSSR count). The van der Waals surface area contributed by atoms with Crippen molar-refractivity contribution in [1.82, 2.24) is 15.1 Å². The maximum Gasteiger partial charge on any atom is 0.118 e. The van der Waals surface area contributed by atoms with Gasteiger partial charge in [0, 0.05) is 18.3 Å². The lowest BCUT2D eigenvalue weighted by Gasteiger charge is -2.18. The van der Waals surface area contributed by atoms with Crippen LogP contribution in [0.2, 0.25) is 0 Å². The van der Waals surface area contributed by atoms with E-state index in [1.807, 2.05) is 30.9 Å². The molecule has 0 saturated heterocycles. The van der Waals surface area contributed by atoms with E-state index in [-0.39, 0.29) is 6.04 Å². The topological polar surface area (TPSA) is 39.1 Å². The molecule has 0 radical (unpaired) electrons. The molecule has 1 aromatic heterocycles. The van der Waals surface area contributed by atoms with Gasteiger partial charge in [-0.1, -0.05) is 12.1 Å². The van der Waals surface area contributed by atoms with Crippen LogP contribution in [0.15, 0.2) is 24.3 Å². The van der Waals surface area contributed by atoms with Gasteiger partial charge in [-0.05, 0) is 38.6 Å². The minimum Gasteiger partial charge on any atom is -0.497 e. The van der Waals surface area contributed by atoms with Gasteiger partial charge in [-0.25, -0.2) is 0 Å². The first-order chi connectivity index (χ1) is 9.08. The van der Waals surface area contributed by atoms with E-state index in [4.69, 9.17) is 4.74 Å². The number of benzene rings is 1. The number of aromatic nitrogens is 2. The van der Waals surface area contributed by atoms with Crippen molar-refractivity contribution in [2.75, 3.05) is 14.2 Å². The highest BCUT2D eigenvalue weighted by Crippen LogP contribution is 2.28. The summed E-state index contributed by atoms with van der Waals surface area (Å²) in [6.45, 7) is 4.15. The van der Waals surface area contributed by atoms with Gasteiger partial charge in [0.2, 0.25) is 0 Å². The van der Waals surface area contributed by atoms with Crippen LogP contribution in [0, 0.1) is 13.8 Å². The van der Waals surface area contributed by atoms with Crippen LogP contribution in [0.25, 0.3) is 0 Å². The minimum atomic E-state index is 0.152. The predicted molar refractivity (Wildman–Crippen MR) is 76.6 cm³/mol. The number of rotatable bonds is 4. The van der Waals surface area contributed by atoms with Crippen LogP contribution in [-0.4, -0.2) is 23.9 Å². The highest BCUT2D eigenvalue weighted by molar-refractivity contribution is 5.39. The van der Waals surface area contributed by atoms with E-state index >= 15 is 0 Å². The van der Waals surface area contributed by atoms with E-state index in [1.54, 1.807) is 7.11 Å². The van der Waals surface area contributed by atoms with Gasteiger partial charge in [0.25, 0.3) is 0 Å². The Morgan fingerprint density at radius 3 is 2.26 bits per heavy atom. The summed E-state index contributed by atoms with van der Waals surface area (Å²) in [7, 11) is 5.63. The van der Waals surface area contributed by atoms with Crippen molar-refractivity contribution in [3.05, 3.63) is 46.8 Å². The number of hydrogen-bond acceptors (Lipinski definition) is 3. The molecule has 1 aromatic carbocycles. The van der Waals surface area contributed by atoms with Crippen LogP contribution in [0.1, 0.15) is 28.6 Å². The number of hydrogen-bond donors (Lipinski definition) is 1. The standard InChI is InChI=1S/C15H21N3O/c1-10-14(11(2)18(4)17-10)15(16-3)12-6-8-13(19-5)9-7-12/h6-9,15-16H,1-5H3. The average Bonchev–Trinajstić information content (AvgIpc) is 2.67. The van der Waals surface area contributed by atoms with Gasteiger partial charge in [0.05, 0.1) is 18.8 Å². The Morgan fingerprint density at radius 2 is 1.84 bits per heavy atom. The van der Waals surface area contributed by atoms with Crippen LogP contribution in [0.5, 0.6) is 5.75 Å². The van der Waals surface area contributed by atoms with E-state index in [1.165, 1.54) is 16.8 Å². The van der Waals surface area contributed by atoms with Gasteiger partial charge < -0.3 is 10.1 Å². The van der Waals surface area contributed by atoms with E-state index in [0.717, 1.165) is 11.4 Å². The molecule has 1 N–H and O–H groups in total. The fraction of sp³-hybridized carbons (Fsp3) is 0.400. The molecule has 4 nitrogen and oxygen atoms in total. The molecule has 0 aliphatic heterocycles. The zero-order chi connectivity index (χ0) is 14.0. The highest BCUT2D eigenvalue weighted by Gasteiger charge is 2.20. The molecule has 0 aliphatic carbocycles. The Bertz CT molecular complexity index is 558. The van der Waals surface area contributed by atoms with Crippen molar-refractivity contribution in [2.24, 2.45) is 7.05 Å². The second-order valence-corrected chi connectivity index (χ2v) is 4.70. The number of aryl methyl sites for hydroxylation is 2. The fourth-order valence-corrected chi connectivity index (χ4v) is 2.48. The number of nitrogens with zero attached hydrogens (tertiary/aromatic N) is 2. The Morgan fingerprint density at radius 1 is 1.21 bits per heavy atom. The molecule has 0 bridgehead atoms. The summed E-state index contributed by atoms with van der Waals surface area (Å²) >= 11 is 0. The maximum atomic E-state index is 5.20. The van der Waals surface area contributed by atoms with E-state index in [9.17, 15) is 0 Å². The largest absolute Gasteiger partial charge is 0.497 e. The van der Waals surface area contributed by atoms with Crippen LogP contribution in [-0.2, 0) is 7.05 Å². The van der Waals surface area contributed by atoms with Crippen molar-refractivity contribution in [2.45, 2.75) is 19.9 Å². The average molecular weight is 259 g/mol. The van der Waals surface area contributed by atoms with Crippen LogP contribution in [0.3, 0.4) is 0 Å². The van der Waals surface area contributed by atoms with E-state index in [2.05, 4.69) is 36.4 Å². The molecule has 0 fully saturated rings. The minimum absolute atomic E-state index is 0.152. The number of ether oxygens (including phenoxy) is 1. The van der Waals surface area contributed by atoms with Gasteiger partial charge >= 0.3 is 0 Å². The molecule has 0 aliphatic rings. The third-order valence-electron chi connectivity index (χ3n) is 3.59. The Balaban J connectivity index is 2.43. The van der Waals surface area contributed by atoms with Crippen LogP contribution >= 0.6 is 0 Å². The van der Waals surface area contributed by atoms with Crippen molar-refractivity contribution in [3.8, 4) is 5.75 Å². The molecule has 0 spiro atoms. The molecule has 4 heteroatoms. The molecule has 1 heterocycles. The lowest BCUT2D eigenvalue weighted by Crippen LogP contribution is -2.19. The smallest absolute Gasteiger partial charge is 0.118 e. The molecule has 1 unspecified atom stereocenters. The lowest BCUT2D eigenvalue weighted by atomic mass is 9.97. The van der Waals surface area contributed by atoms with Crippen molar-refractivity contribution >= 4 is 0 Å². The van der Waals surface area contributed by atoms with Gasteiger partial charge in [-0.2, -0.15) is 5.10 Å². The molecular weight excluding hydrogens is 238 g/mol. The van der Waals surface area contributed by atoms with Crippen LogP contribution < -0.4 is 10.1 Å². The molecule has 102 valence electrons. The van der Waals surface area contributed by atoms with E-state index in [0.29, 0.717) is 0 Å².